The summed E-state index contributed by atoms with van der Waals surface area (Å²) in [6.45, 7) is 2.05. The molecule has 0 bridgehead atoms. The molecule has 1 N–H and O–H groups in total. The van der Waals surface area contributed by atoms with Gasteiger partial charge >= 0.3 is 0 Å². The van der Waals surface area contributed by atoms with Gasteiger partial charge in [0, 0.05) is 19.1 Å². The topological polar surface area (TPSA) is 39.1 Å². The van der Waals surface area contributed by atoms with Crippen molar-refractivity contribution in [1.82, 2.24) is 10.2 Å². The van der Waals surface area contributed by atoms with Gasteiger partial charge < -0.3 is 4.90 Å². The average Bonchev–Trinajstić information content (AvgIpc) is 2.97. The first-order chi connectivity index (χ1) is 6.78. The Hall–Kier alpha value is -0.590. The number of nitrogens with zero attached hydrogens (tertiary/aromatic N) is 2. The van der Waals surface area contributed by atoms with Crippen LogP contribution in [0.3, 0.4) is 0 Å². The van der Waals surface area contributed by atoms with Crippen molar-refractivity contribution in [3.8, 4) is 6.07 Å². The molecule has 0 aliphatic heterocycles. The zero-order chi connectivity index (χ0) is 9.97. The van der Waals surface area contributed by atoms with Crippen LogP contribution in [-0.4, -0.2) is 37.1 Å². The number of nitriles is 1. The van der Waals surface area contributed by atoms with Crippen LogP contribution in [0.15, 0.2) is 0 Å². The molecule has 0 amide bonds. The highest BCUT2D eigenvalue weighted by atomic mass is 15.1. The maximum absolute atomic E-state index is 8.96. The summed E-state index contributed by atoms with van der Waals surface area (Å²) in [5.41, 5.74) is 0. The van der Waals surface area contributed by atoms with Gasteiger partial charge in [-0.15, -0.1) is 0 Å². The van der Waals surface area contributed by atoms with Gasteiger partial charge in [0.25, 0.3) is 0 Å². The second-order valence-corrected chi connectivity index (χ2v) is 4.79. The molecule has 78 valence electrons. The molecule has 2 rings (SSSR count). The van der Waals surface area contributed by atoms with Crippen LogP contribution in [0.2, 0.25) is 0 Å². The van der Waals surface area contributed by atoms with Gasteiger partial charge in [0.15, 0.2) is 0 Å². The van der Waals surface area contributed by atoms with Gasteiger partial charge in [0.05, 0.1) is 6.07 Å². The molecule has 3 nitrogen and oxygen atoms in total. The summed E-state index contributed by atoms with van der Waals surface area (Å²) in [6.07, 6.45) is 5.28. The fourth-order valence-corrected chi connectivity index (χ4v) is 1.79. The van der Waals surface area contributed by atoms with Crippen LogP contribution in [-0.2, 0) is 0 Å². The Kier molecular flexibility index (Phi) is 3.05. The lowest BCUT2D eigenvalue weighted by Crippen LogP contribution is -2.40. The minimum Gasteiger partial charge on any atom is -0.303 e. The van der Waals surface area contributed by atoms with Crippen molar-refractivity contribution < 1.29 is 0 Å². The van der Waals surface area contributed by atoms with Gasteiger partial charge in [-0.05, 0) is 38.6 Å². The number of hydrogen-bond donors (Lipinski definition) is 1. The molecule has 3 heteroatoms. The van der Waals surface area contributed by atoms with E-state index >= 15 is 0 Å². The normalized spacial score (nSPS) is 23.5. The largest absolute Gasteiger partial charge is 0.303 e. The second-order valence-electron chi connectivity index (χ2n) is 4.79. The SMILES string of the molecule is CN(CC1CC1)CC(C#N)NC1CC1. The minimum atomic E-state index is 0.0336. The Morgan fingerprint density at radius 2 is 2.14 bits per heavy atom. The number of nitrogens with one attached hydrogen (secondary N) is 1. The van der Waals surface area contributed by atoms with Crippen molar-refractivity contribution in [2.24, 2.45) is 5.92 Å². The van der Waals surface area contributed by atoms with Crippen LogP contribution in [0, 0.1) is 17.2 Å². The standard InChI is InChI=1S/C11H19N3/c1-14(7-9-2-3-9)8-11(6-12)13-10-4-5-10/h9-11,13H,2-5,7-8H2,1H3. The van der Waals surface area contributed by atoms with Crippen LogP contribution in [0.1, 0.15) is 25.7 Å². The average molecular weight is 193 g/mol. The van der Waals surface area contributed by atoms with Crippen LogP contribution < -0.4 is 5.32 Å². The third kappa shape index (κ3) is 3.28. The van der Waals surface area contributed by atoms with Crippen molar-refractivity contribution in [3.05, 3.63) is 0 Å². The van der Waals surface area contributed by atoms with E-state index in [1.165, 1.54) is 32.2 Å². The molecule has 0 heterocycles. The molecular weight excluding hydrogens is 174 g/mol. The Morgan fingerprint density at radius 1 is 1.43 bits per heavy atom. The molecule has 2 fully saturated rings. The Bertz CT molecular complexity index is 225. The molecule has 2 saturated carbocycles. The highest BCUT2D eigenvalue weighted by Crippen LogP contribution is 2.29. The molecule has 0 aromatic rings. The Labute approximate surface area is 86.1 Å². The summed E-state index contributed by atoms with van der Waals surface area (Å²) in [6, 6.07) is 3.01. The molecule has 0 spiro atoms. The van der Waals surface area contributed by atoms with Gasteiger partial charge in [-0.3, -0.25) is 5.32 Å². The monoisotopic (exact) mass is 193 g/mol. The summed E-state index contributed by atoms with van der Waals surface area (Å²) < 4.78 is 0. The van der Waals surface area contributed by atoms with E-state index in [1.807, 2.05) is 0 Å². The summed E-state index contributed by atoms with van der Waals surface area (Å²) in [4.78, 5) is 2.29. The maximum Gasteiger partial charge on any atom is 0.108 e. The minimum absolute atomic E-state index is 0.0336. The first-order valence-electron chi connectivity index (χ1n) is 5.62. The molecule has 1 atom stereocenters. The van der Waals surface area contributed by atoms with Crippen molar-refractivity contribution in [2.45, 2.75) is 37.8 Å². The summed E-state index contributed by atoms with van der Waals surface area (Å²) in [5, 5.41) is 12.3. The molecule has 2 aliphatic carbocycles. The lowest BCUT2D eigenvalue weighted by atomic mass is 10.3. The fourth-order valence-electron chi connectivity index (χ4n) is 1.79. The van der Waals surface area contributed by atoms with E-state index in [-0.39, 0.29) is 6.04 Å². The summed E-state index contributed by atoms with van der Waals surface area (Å²) in [7, 11) is 2.12. The molecule has 14 heavy (non-hydrogen) atoms. The number of hydrogen-bond acceptors (Lipinski definition) is 3. The first-order valence-corrected chi connectivity index (χ1v) is 5.62. The van der Waals surface area contributed by atoms with Gasteiger partial charge in [0.2, 0.25) is 0 Å². The van der Waals surface area contributed by atoms with E-state index in [9.17, 15) is 0 Å². The molecule has 0 aromatic carbocycles. The van der Waals surface area contributed by atoms with Crippen LogP contribution in [0.4, 0.5) is 0 Å². The second kappa shape index (κ2) is 4.29. The van der Waals surface area contributed by atoms with E-state index in [1.54, 1.807) is 0 Å². The number of likely N-dealkylation sites (N-methyl/N-ethyl adjacent to an activating group) is 1. The van der Waals surface area contributed by atoms with E-state index < -0.39 is 0 Å². The van der Waals surface area contributed by atoms with Crippen molar-refractivity contribution in [1.29, 1.82) is 5.26 Å². The summed E-state index contributed by atoms with van der Waals surface area (Å²) >= 11 is 0. The number of rotatable bonds is 6. The quantitative estimate of drug-likeness (QED) is 0.683. The van der Waals surface area contributed by atoms with E-state index in [0.717, 1.165) is 12.5 Å². The zero-order valence-electron chi connectivity index (χ0n) is 8.87. The third-order valence-corrected chi connectivity index (χ3v) is 2.93. The molecule has 0 radical (unpaired) electrons. The lowest BCUT2D eigenvalue weighted by Gasteiger charge is -2.20. The molecule has 1 unspecified atom stereocenters. The predicted octanol–water partition coefficient (Wildman–Crippen LogP) is 0.972. The highest BCUT2D eigenvalue weighted by Gasteiger charge is 2.27. The van der Waals surface area contributed by atoms with E-state index in [4.69, 9.17) is 5.26 Å². The highest BCUT2D eigenvalue weighted by molar-refractivity contribution is 4.97. The zero-order valence-corrected chi connectivity index (χ0v) is 8.87. The van der Waals surface area contributed by atoms with Crippen molar-refractivity contribution in [2.75, 3.05) is 20.1 Å². The van der Waals surface area contributed by atoms with E-state index in [0.29, 0.717) is 6.04 Å². The van der Waals surface area contributed by atoms with E-state index in [2.05, 4.69) is 23.3 Å². The third-order valence-electron chi connectivity index (χ3n) is 2.93. The van der Waals surface area contributed by atoms with Crippen molar-refractivity contribution >= 4 is 0 Å². The summed E-state index contributed by atoms with van der Waals surface area (Å²) in [5.74, 6) is 0.917. The van der Waals surface area contributed by atoms with Gasteiger partial charge in [0.1, 0.15) is 6.04 Å². The van der Waals surface area contributed by atoms with Crippen LogP contribution in [0.25, 0.3) is 0 Å². The predicted molar refractivity (Wildman–Crippen MR) is 55.8 cm³/mol. The lowest BCUT2D eigenvalue weighted by molar-refractivity contribution is 0.298. The fraction of sp³-hybridized carbons (Fsp3) is 0.909. The molecule has 2 aliphatic rings. The smallest absolute Gasteiger partial charge is 0.108 e. The Balaban J connectivity index is 1.66. The van der Waals surface area contributed by atoms with Crippen molar-refractivity contribution in [3.63, 3.8) is 0 Å². The van der Waals surface area contributed by atoms with Gasteiger partial charge in [-0.25, -0.2) is 0 Å². The first kappa shape index (κ1) is 9.95. The van der Waals surface area contributed by atoms with Gasteiger partial charge in [-0.2, -0.15) is 5.26 Å². The van der Waals surface area contributed by atoms with Crippen LogP contribution in [0.5, 0.6) is 0 Å². The molecule has 0 saturated heterocycles. The molecule has 0 aromatic heterocycles. The van der Waals surface area contributed by atoms with Crippen LogP contribution >= 0.6 is 0 Å². The molecular formula is C11H19N3. The Morgan fingerprint density at radius 3 is 2.64 bits per heavy atom. The van der Waals surface area contributed by atoms with Gasteiger partial charge in [-0.1, -0.05) is 0 Å². The maximum atomic E-state index is 8.96.